The zero-order valence-electron chi connectivity index (χ0n) is 12.1. The first-order valence-electron chi connectivity index (χ1n) is 6.74. The van der Waals surface area contributed by atoms with Gasteiger partial charge in [-0.25, -0.2) is 21.8 Å². The molecule has 2 heterocycles. The Bertz CT molecular complexity index is 986. The highest BCUT2D eigenvalue weighted by Crippen LogP contribution is 2.27. The van der Waals surface area contributed by atoms with Gasteiger partial charge in [0.25, 0.3) is 10.0 Å². The molecule has 120 valence electrons. The molecule has 0 radical (unpaired) electrons. The van der Waals surface area contributed by atoms with Crippen LogP contribution in [0.15, 0.2) is 52.2 Å². The number of benzene rings is 1. The maximum absolute atomic E-state index is 13.4. The highest BCUT2D eigenvalue weighted by Gasteiger charge is 2.22. The molecule has 3 aromatic rings. The zero-order chi connectivity index (χ0) is 16.6. The summed E-state index contributed by atoms with van der Waals surface area (Å²) < 4.78 is 40.8. The van der Waals surface area contributed by atoms with E-state index in [2.05, 4.69) is 26.2 Å². The molecule has 0 aliphatic heterocycles. The van der Waals surface area contributed by atoms with E-state index >= 15 is 0 Å². The van der Waals surface area contributed by atoms with E-state index in [1.54, 1.807) is 19.3 Å². The van der Waals surface area contributed by atoms with Crippen LogP contribution in [0.5, 0.6) is 0 Å². The van der Waals surface area contributed by atoms with Gasteiger partial charge in [0.15, 0.2) is 0 Å². The van der Waals surface area contributed by atoms with Crippen LogP contribution in [0.1, 0.15) is 5.56 Å². The van der Waals surface area contributed by atoms with Gasteiger partial charge in [-0.05, 0) is 52.8 Å². The van der Waals surface area contributed by atoms with Gasteiger partial charge in [-0.2, -0.15) is 0 Å². The Labute approximate surface area is 141 Å². The number of pyridine rings is 1. The van der Waals surface area contributed by atoms with Crippen molar-refractivity contribution in [2.75, 3.05) is 7.05 Å². The van der Waals surface area contributed by atoms with Gasteiger partial charge in [0, 0.05) is 24.3 Å². The fourth-order valence-corrected chi connectivity index (χ4v) is 4.14. The molecule has 23 heavy (non-hydrogen) atoms. The molecule has 0 amide bonds. The SMILES string of the molecule is CNCc1cn(S(=O)(=O)c2cccc(F)c2)c2cc(Br)ncc12. The average Bonchev–Trinajstić information content (AvgIpc) is 2.86. The summed E-state index contributed by atoms with van der Waals surface area (Å²) in [6.07, 6.45) is 3.15. The Kier molecular flexibility index (Phi) is 4.22. The van der Waals surface area contributed by atoms with Gasteiger partial charge >= 0.3 is 0 Å². The minimum atomic E-state index is -3.90. The molecule has 0 saturated heterocycles. The van der Waals surface area contributed by atoms with Crippen LogP contribution in [0.4, 0.5) is 4.39 Å². The van der Waals surface area contributed by atoms with Crippen molar-refractivity contribution in [2.45, 2.75) is 11.4 Å². The van der Waals surface area contributed by atoms with E-state index in [4.69, 9.17) is 0 Å². The highest BCUT2D eigenvalue weighted by molar-refractivity contribution is 9.10. The fourth-order valence-electron chi connectivity index (χ4n) is 2.40. The summed E-state index contributed by atoms with van der Waals surface area (Å²) >= 11 is 3.25. The number of nitrogens with one attached hydrogen (secondary N) is 1. The Morgan fingerprint density at radius 1 is 1.35 bits per heavy atom. The molecule has 5 nitrogen and oxygen atoms in total. The van der Waals surface area contributed by atoms with Crippen LogP contribution in [0, 0.1) is 5.82 Å². The highest BCUT2D eigenvalue weighted by atomic mass is 79.9. The second-order valence-electron chi connectivity index (χ2n) is 4.97. The summed E-state index contributed by atoms with van der Waals surface area (Å²) in [6, 6.07) is 6.60. The maximum Gasteiger partial charge on any atom is 0.268 e. The molecule has 2 aromatic heterocycles. The van der Waals surface area contributed by atoms with E-state index in [9.17, 15) is 12.8 Å². The fraction of sp³-hybridized carbons (Fsp3) is 0.133. The van der Waals surface area contributed by atoms with Crippen molar-refractivity contribution < 1.29 is 12.8 Å². The minimum Gasteiger partial charge on any atom is -0.316 e. The maximum atomic E-state index is 13.4. The predicted octanol–water partition coefficient (Wildman–Crippen LogP) is 2.89. The van der Waals surface area contributed by atoms with E-state index < -0.39 is 15.8 Å². The van der Waals surface area contributed by atoms with Gasteiger partial charge in [-0.1, -0.05) is 6.07 Å². The number of halogens is 2. The number of aromatic nitrogens is 2. The summed E-state index contributed by atoms with van der Waals surface area (Å²) in [7, 11) is -2.13. The van der Waals surface area contributed by atoms with Gasteiger partial charge in [-0.15, -0.1) is 0 Å². The van der Waals surface area contributed by atoms with Crippen LogP contribution in [-0.4, -0.2) is 24.4 Å². The molecule has 0 aliphatic rings. The van der Waals surface area contributed by atoms with E-state index in [1.807, 2.05) is 0 Å². The Morgan fingerprint density at radius 3 is 2.83 bits per heavy atom. The molecule has 0 fully saturated rings. The lowest BCUT2D eigenvalue weighted by Crippen LogP contribution is -2.12. The third-order valence-electron chi connectivity index (χ3n) is 3.43. The predicted molar refractivity (Wildman–Crippen MR) is 89.2 cm³/mol. The first kappa shape index (κ1) is 16.1. The quantitative estimate of drug-likeness (QED) is 0.687. The molecule has 8 heteroatoms. The number of rotatable bonds is 4. The normalized spacial score (nSPS) is 12.0. The van der Waals surface area contributed by atoms with E-state index in [-0.39, 0.29) is 4.90 Å². The van der Waals surface area contributed by atoms with Gasteiger partial charge in [-0.3, -0.25) is 0 Å². The van der Waals surface area contributed by atoms with Crippen molar-refractivity contribution in [3.05, 3.63) is 58.7 Å². The summed E-state index contributed by atoms with van der Waals surface area (Å²) in [5, 5.41) is 3.72. The molecular weight excluding hydrogens is 385 g/mol. The van der Waals surface area contributed by atoms with Crippen molar-refractivity contribution >= 4 is 36.9 Å². The first-order valence-corrected chi connectivity index (χ1v) is 8.98. The van der Waals surface area contributed by atoms with Gasteiger partial charge in [0.2, 0.25) is 0 Å². The summed E-state index contributed by atoms with van der Waals surface area (Å²) in [5.74, 6) is -0.596. The van der Waals surface area contributed by atoms with E-state index in [1.165, 1.54) is 24.4 Å². The molecule has 3 rings (SSSR count). The molecule has 0 saturated carbocycles. The molecule has 0 unspecified atom stereocenters. The minimum absolute atomic E-state index is 0.0988. The number of nitrogens with zero attached hydrogens (tertiary/aromatic N) is 2. The van der Waals surface area contributed by atoms with Crippen LogP contribution < -0.4 is 5.32 Å². The number of hydrogen-bond donors (Lipinski definition) is 1. The van der Waals surface area contributed by atoms with E-state index in [0.29, 0.717) is 16.7 Å². The van der Waals surface area contributed by atoms with Crippen molar-refractivity contribution in [3.8, 4) is 0 Å². The smallest absolute Gasteiger partial charge is 0.268 e. The lowest BCUT2D eigenvalue weighted by Gasteiger charge is -2.07. The third kappa shape index (κ3) is 2.89. The summed E-state index contributed by atoms with van der Waals surface area (Å²) in [5.41, 5.74) is 1.28. The Morgan fingerprint density at radius 2 is 2.13 bits per heavy atom. The lowest BCUT2D eigenvalue weighted by molar-refractivity contribution is 0.584. The van der Waals surface area contributed by atoms with Crippen LogP contribution in [-0.2, 0) is 16.6 Å². The summed E-state index contributed by atoms with van der Waals surface area (Å²) in [4.78, 5) is 4.05. The first-order chi connectivity index (χ1) is 10.9. The standard InChI is InChI=1S/C15H13BrFN3O2S/c1-18-7-10-9-20(14-6-15(16)19-8-13(10)14)23(21,22)12-4-2-3-11(17)5-12/h2-6,8-9,18H,7H2,1H3. The number of hydrogen-bond acceptors (Lipinski definition) is 4. The van der Waals surface area contributed by atoms with Crippen LogP contribution in [0.3, 0.4) is 0 Å². The molecule has 0 atom stereocenters. The van der Waals surface area contributed by atoms with Crippen LogP contribution >= 0.6 is 15.9 Å². The Balaban J connectivity index is 2.28. The van der Waals surface area contributed by atoms with Crippen molar-refractivity contribution in [1.82, 2.24) is 14.3 Å². The summed E-state index contributed by atoms with van der Waals surface area (Å²) in [6.45, 7) is 0.492. The largest absolute Gasteiger partial charge is 0.316 e. The van der Waals surface area contributed by atoms with Crippen molar-refractivity contribution in [3.63, 3.8) is 0 Å². The second-order valence-corrected chi connectivity index (χ2v) is 7.59. The van der Waals surface area contributed by atoms with Gasteiger partial charge in [0.1, 0.15) is 10.4 Å². The molecular formula is C15H13BrFN3O2S. The third-order valence-corrected chi connectivity index (χ3v) is 5.53. The average molecular weight is 398 g/mol. The molecule has 1 N–H and O–H groups in total. The lowest BCUT2D eigenvalue weighted by atomic mass is 10.2. The van der Waals surface area contributed by atoms with E-state index in [0.717, 1.165) is 21.0 Å². The molecule has 0 spiro atoms. The van der Waals surface area contributed by atoms with Crippen LogP contribution in [0.2, 0.25) is 0 Å². The number of fused-ring (bicyclic) bond motifs is 1. The topological polar surface area (TPSA) is 64.0 Å². The second kappa shape index (κ2) is 6.03. The van der Waals surface area contributed by atoms with Crippen molar-refractivity contribution in [2.24, 2.45) is 0 Å². The zero-order valence-corrected chi connectivity index (χ0v) is 14.5. The molecule has 1 aromatic carbocycles. The molecule has 0 aliphatic carbocycles. The van der Waals surface area contributed by atoms with Crippen molar-refractivity contribution in [1.29, 1.82) is 0 Å². The van der Waals surface area contributed by atoms with Crippen LogP contribution in [0.25, 0.3) is 10.9 Å². The monoisotopic (exact) mass is 397 g/mol. The molecule has 0 bridgehead atoms. The van der Waals surface area contributed by atoms with Gasteiger partial charge in [0.05, 0.1) is 10.4 Å². The Hall–Kier alpha value is -1.77. The van der Waals surface area contributed by atoms with Gasteiger partial charge < -0.3 is 5.32 Å².